The number of morpholine rings is 1. The maximum Gasteiger partial charge on any atom is 0.170 e. The number of benzene rings is 1. The normalized spacial score (nSPS) is 19.5. The van der Waals surface area contributed by atoms with E-state index in [-0.39, 0.29) is 17.2 Å². The van der Waals surface area contributed by atoms with E-state index in [1.165, 1.54) is 6.07 Å². The van der Waals surface area contributed by atoms with Crippen LogP contribution in [0.5, 0.6) is 0 Å². The van der Waals surface area contributed by atoms with E-state index < -0.39 is 0 Å². The highest BCUT2D eigenvalue weighted by atomic mass is 19.1. The van der Waals surface area contributed by atoms with E-state index in [1.54, 1.807) is 12.1 Å². The van der Waals surface area contributed by atoms with Gasteiger partial charge in [0.2, 0.25) is 0 Å². The first-order valence-electron chi connectivity index (χ1n) is 6.08. The molecule has 1 heterocycles. The van der Waals surface area contributed by atoms with E-state index in [1.807, 2.05) is 18.7 Å². The molecule has 3 N–H and O–H groups in total. The van der Waals surface area contributed by atoms with Gasteiger partial charge in [0.15, 0.2) is 5.84 Å². The minimum absolute atomic E-state index is 0.105. The molecule has 104 valence electrons. The molecule has 19 heavy (non-hydrogen) atoms. The zero-order valence-electron chi connectivity index (χ0n) is 11.1. The number of oxime groups is 1. The fraction of sp³-hybridized carbons (Fsp3) is 0.462. The first-order valence-corrected chi connectivity index (χ1v) is 6.08. The summed E-state index contributed by atoms with van der Waals surface area (Å²) in [7, 11) is 0. The lowest BCUT2D eigenvalue weighted by Gasteiger charge is -2.43. The summed E-state index contributed by atoms with van der Waals surface area (Å²) in [5.74, 6) is -0.495. The highest BCUT2D eigenvalue weighted by Crippen LogP contribution is 2.29. The summed E-state index contributed by atoms with van der Waals surface area (Å²) in [6.07, 6.45) is 0. The van der Waals surface area contributed by atoms with Crippen LogP contribution < -0.4 is 10.6 Å². The van der Waals surface area contributed by atoms with Crippen molar-refractivity contribution in [2.24, 2.45) is 10.9 Å². The first kappa shape index (κ1) is 13.6. The van der Waals surface area contributed by atoms with Gasteiger partial charge in [0.05, 0.1) is 24.4 Å². The van der Waals surface area contributed by atoms with E-state index >= 15 is 0 Å². The van der Waals surface area contributed by atoms with Gasteiger partial charge in [0, 0.05) is 12.1 Å². The van der Waals surface area contributed by atoms with Crippen molar-refractivity contribution < 1.29 is 14.3 Å². The Bertz CT molecular complexity index is 503. The highest BCUT2D eigenvalue weighted by molar-refractivity contribution is 5.97. The Labute approximate surface area is 111 Å². The van der Waals surface area contributed by atoms with Crippen LogP contribution in [0.3, 0.4) is 0 Å². The van der Waals surface area contributed by atoms with Gasteiger partial charge in [-0.1, -0.05) is 5.16 Å². The summed E-state index contributed by atoms with van der Waals surface area (Å²) in [4.78, 5) is 1.97. The minimum Gasteiger partial charge on any atom is -0.409 e. The lowest BCUT2D eigenvalue weighted by atomic mass is 10.0. The van der Waals surface area contributed by atoms with Gasteiger partial charge < -0.3 is 20.6 Å². The van der Waals surface area contributed by atoms with Crippen molar-refractivity contribution in [2.45, 2.75) is 19.4 Å². The Kier molecular flexibility index (Phi) is 3.61. The van der Waals surface area contributed by atoms with Crippen LogP contribution in [0, 0.1) is 5.82 Å². The number of nitrogens with zero attached hydrogens (tertiary/aromatic N) is 2. The Morgan fingerprint density at radius 1 is 1.53 bits per heavy atom. The Morgan fingerprint density at radius 3 is 2.84 bits per heavy atom. The zero-order chi connectivity index (χ0) is 14.0. The van der Waals surface area contributed by atoms with Crippen molar-refractivity contribution in [3.63, 3.8) is 0 Å². The molecule has 0 bridgehead atoms. The third kappa shape index (κ3) is 2.63. The number of ether oxygens (including phenoxy) is 1. The van der Waals surface area contributed by atoms with Gasteiger partial charge in [-0.25, -0.2) is 4.39 Å². The molecule has 0 aromatic heterocycles. The average Bonchev–Trinajstić information content (AvgIpc) is 2.38. The van der Waals surface area contributed by atoms with Crippen LogP contribution in [-0.2, 0) is 4.74 Å². The molecule has 0 saturated carbocycles. The summed E-state index contributed by atoms with van der Waals surface area (Å²) in [6, 6.07) is 4.56. The van der Waals surface area contributed by atoms with E-state index in [9.17, 15) is 4.39 Å². The van der Waals surface area contributed by atoms with Crippen molar-refractivity contribution in [3.8, 4) is 0 Å². The molecule has 0 amide bonds. The molecule has 0 atom stereocenters. The molecule has 1 aliphatic rings. The van der Waals surface area contributed by atoms with E-state index in [0.29, 0.717) is 31.0 Å². The third-order valence-corrected chi connectivity index (χ3v) is 3.29. The standard InChI is InChI=1S/C13H18FN3O2/c1-13(2)8-19-6-5-17(13)11-4-3-9(7-10(11)14)12(15)16-18/h3-4,7,18H,5-6,8H2,1-2H3,(H2,15,16). The van der Waals surface area contributed by atoms with Crippen molar-refractivity contribution in [1.29, 1.82) is 0 Å². The number of halogens is 1. The molecule has 0 spiro atoms. The molecule has 0 aliphatic carbocycles. The van der Waals surface area contributed by atoms with Gasteiger partial charge in [-0.3, -0.25) is 0 Å². The molecule has 0 unspecified atom stereocenters. The zero-order valence-corrected chi connectivity index (χ0v) is 11.1. The van der Waals surface area contributed by atoms with Crippen molar-refractivity contribution in [1.82, 2.24) is 0 Å². The summed E-state index contributed by atoms with van der Waals surface area (Å²) < 4.78 is 19.6. The maximum absolute atomic E-state index is 14.2. The number of amidine groups is 1. The second kappa shape index (κ2) is 5.05. The van der Waals surface area contributed by atoms with E-state index in [2.05, 4.69) is 5.16 Å². The molecular weight excluding hydrogens is 249 g/mol. The minimum atomic E-state index is -0.390. The number of nitrogens with two attached hydrogens (primary N) is 1. The summed E-state index contributed by atoms with van der Waals surface area (Å²) >= 11 is 0. The summed E-state index contributed by atoms with van der Waals surface area (Å²) in [5.41, 5.74) is 6.04. The fourth-order valence-electron chi connectivity index (χ4n) is 2.25. The number of anilines is 1. The second-order valence-corrected chi connectivity index (χ2v) is 5.17. The molecule has 6 heteroatoms. The van der Waals surface area contributed by atoms with Crippen LogP contribution in [0.15, 0.2) is 23.4 Å². The lowest BCUT2D eigenvalue weighted by Crippen LogP contribution is -2.53. The van der Waals surface area contributed by atoms with Gasteiger partial charge in [0.1, 0.15) is 5.82 Å². The predicted octanol–water partition coefficient (Wildman–Crippen LogP) is 1.54. The van der Waals surface area contributed by atoms with Crippen LogP contribution in [-0.4, -0.2) is 36.3 Å². The largest absolute Gasteiger partial charge is 0.409 e. The maximum atomic E-state index is 14.2. The van der Waals surface area contributed by atoms with Gasteiger partial charge in [0.25, 0.3) is 0 Å². The van der Waals surface area contributed by atoms with Gasteiger partial charge in [-0.15, -0.1) is 0 Å². The Balaban J connectivity index is 2.35. The van der Waals surface area contributed by atoms with Gasteiger partial charge in [-0.2, -0.15) is 0 Å². The number of hydrogen-bond acceptors (Lipinski definition) is 4. The molecule has 0 radical (unpaired) electrons. The summed E-state index contributed by atoms with van der Waals surface area (Å²) in [6.45, 7) is 5.76. The summed E-state index contributed by atoms with van der Waals surface area (Å²) in [5, 5.41) is 11.5. The smallest absolute Gasteiger partial charge is 0.170 e. The van der Waals surface area contributed by atoms with Gasteiger partial charge in [-0.05, 0) is 32.0 Å². The molecule has 2 rings (SSSR count). The molecule has 1 aromatic carbocycles. The monoisotopic (exact) mass is 267 g/mol. The molecule has 1 aromatic rings. The predicted molar refractivity (Wildman–Crippen MR) is 71.2 cm³/mol. The van der Waals surface area contributed by atoms with Crippen molar-refractivity contribution >= 4 is 11.5 Å². The number of rotatable bonds is 2. The van der Waals surface area contributed by atoms with Gasteiger partial charge >= 0.3 is 0 Å². The van der Waals surface area contributed by atoms with Crippen LogP contribution in [0.25, 0.3) is 0 Å². The third-order valence-electron chi connectivity index (χ3n) is 3.29. The van der Waals surface area contributed by atoms with E-state index in [4.69, 9.17) is 15.7 Å². The molecular formula is C13H18FN3O2. The topological polar surface area (TPSA) is 71.1 Å². The van der Waals surface area contributed by atoms with Crippen LogP contribution in [0.1, 0.15) is 19.4 Å². The lowest BCUT2D eigenvalue weighted by molar-refractivity contribution is 0.0640. The van der Waals surface area contributed by atoms with E-state index in [0.717, 1.165) is 0 Å². The van der Waals surface area contributed by atoms with Crippen LogP contribution >= 0.6 is 0 Å². The number of hydrogen-bond donors (Lipinski definition) is 2. The Hall–Kier alpha value is -1.82. The van der Waals surface area contributed by atoms with Crippen molar-refractivity contribution in [3.05, 3.63) is 29.6 Å². The molecule has 1 fully saturated rings. The van der Waals surface area contributed by atoms with Crippen LogP contribution in [0.2, 0.25) is 0 Å². The quantitative estimate of drug-likeness (QED) is 0.369. The fourth-order valence-corrected chi connectivity index (χ4v) is 2.25. The highest BCUT2D eigenvalue weighted by Gasteiger charge is 2.32. The SMILES string of the molecule is CC1(C)COCCN1c1ccc(C(N)=NO)cc1F. The van der Waals surface area contributed by atoms with Crippen LogP contribution in [0.4, 0.5) is 10.1 Å². The average molecular weight is 267 g/mol. The second-order valence-electron chi connectivity index (χ2n) is 5.17. The molecule has 1 saturated heterocycles. The van der Waals surface area contributed by atoms with Crippen molar-refractivity contribution in [2.75, 3.05) is 24.7 Å². The first-order chi connectivity index (χ1) is 8.95. The molecule has 5 nitrogen and oxygen atoms in total. The molecule has 1 aliphatic heterocycles. The Morgan fingerprint density at radius 2 is 2.26 bits per heavy atom.